The van der Waals surface area contributed by atoms with Gasteiger partial charge in [-0.05, 0) is 25.0 Å². The van der Waals surface area contributed by atoms with Crippen molar-refractivity contribution in [1.82, 2.24) is 0 Å². The molecule has 1 heterocycles. The molecule has 0 fully saturated rings. The van der Waals surface area contributed by atoms with Crippen molar-refractivity contribution in [3.05, 3.63) is 36.8 Å². The van der Waals surface area contributed by atoms with Gasteiger partial charge >= 0.3 is 0 Å². The fraction of sp³-hybridized carbons (Fsp3) is 0.333. The fourth-order valence-electron chi connectivity index (χ4n) is 0.564. The Kier molecular flexibility index (Phi) is 6.43. The molecule has 0 spiro atoms. The Hall–Kier alpha value is -1.02. The molecule has 0 saturated heterocycles. The summed E-state index contributed by atoms with van der Waals surface area (Å²) in [5.74, 6) is 0. The van der Waals surface area contributed by atoms with Crippen LogP contribution in [0.25, 0.3) is 0 Å². The molecule has 0 aliphatic heterocycles. The van der Waals surface area contributed by atoms with Crippen molar-refractivity contribution in [2.75, 3.05) is 6.61 Å². The summed E-state index contributed by atoms with van der Waals surface area (Å²) in [5.41, 5.74) is 1.05. The van der Waals surface area contributed by atoms with Crippen LogP contribution in [0.4, 0.5) is 0 Å². The van der Waals surface area contributed by atoms with Gasteiger partial charge in [0.1, 0.15) is 0 Å². The highest BCUT2D eigenvalue weighted by Crippen LogP contribution is 1.98. The smallest absolute Gasteiger partial charge is 0.0935 e. The van der Waals surface area contributed by atoms with E-state index in [0.717, 1.165) is 5.56 Å². The summed E-state index contributed by atoms with van der Waals surface area (Å²) < 4.78 is 4.76. The second-order valence-corrected chi connectivity index (χ2v) is 2.01. The van der Waals surface area contributed by atoms with Crippen LogP contribution in [0.5, 0.6) is 0 Å². The van der Waals surface area contributed by atoms with Crippen molar-refractivity contribution < 1.29 is 9.52 Å². The van der Waals surface area contributed by atoms with Crippen molar-refractivity contribution >= 4 is 0 Å². The highest BCUT2D eigenvalue weighted by molar-refractivity contribution is 5.04. The van der Waals surface area contributed by atoms with Crippen LogP contribution in [-0.2, 0) is 6.42 Å². The van der Waals surface area contributed by atoms with E-state index in [1.54, 1.807) is 18.6 Å². The van der Waals surface area contributed by atoms with E-state index in [9.17, 15) is 0 Å². The summed E-state index contributed by atoms with van der Waals surface area (Å²) in [4.78, 5) is 0. The van der Waals surface area contributed by atoms with Crippen molar-refractivity contribution in [2.45, 2.75) is 13.3 Å². The zero-order chi connectivity index (χ0) is 8.53. The lowest BCUT2D eigenvalue weighted by Crippen LogP contribution is -1.85. The molecule has 1 rings (SSSR count). The number of hydrogen-bond donors (Lipinski definition) is 1. The van der Waals surface area contributed by atoms with Crippen LogP contribution in [-0.4, -0.2) is 11.7 Å². The molecule has 0 unspecified atom stereocenters. The summed E-state index contributed by atoms with van der Waals surface area (Å²) in [6.07, 6.45) is 5.68. The highest BCUT2D eigenvalue weighted by atomic mass is 16.3. The quantitative estimate of drug-likeness (QED) is 0.661. The molecule has 0 aromatic carbocycles. The third kappa shape index (κ3) is 5.43. The van der Waals surface area contributed by atoms with Gasteiger partial charge in [-0.25, -0.2) is 0 Å². The van der Waals surface area contributed by atoms with Crippen molar-refractivity contribution in [3.8, 4) is 0 Å². The van der Waals surface area contributed by atoms with Crippen LogP contribution in [0.2, 0.25) is 0 Å². The monoisotopic (exact) mass is 154 g/mol. The van der Waals surface area contributed by atoms with Gasteiger partial charge in [0.2, 0.25) is 0 Å². The Balaban J connectivity index is 0.000000292. The third-order valence-corrected chi connectivity index (χ3v) is 0.981. The van der Waals surface area contributed by atoms with E-state index in [2.05, 4.69) is 6.58 Å². The van der Waals surface area contributed by atoms with E-state index >= 15 is 0 Å². The van der Waals surface area contributed by atoms with Crippen LogP contribution in [0.15, 0.2) is 35.7 Å². The van der Waals surface area contributed by atoms with E-state index in [1.807, 2.05) is 13.0 Å². The molecule has 0 saturated carbocycles. The fourth-order valence-corrected chi connectivity index (χ4v) is 0.564. The van der Waals surface area contributed by atoms with Gasteiger partial charge in [0.25, 0.3) is 0 Å². The van der Waals surface area contributed by atoms with Gasteiger partial charge in [-0.2, -0.15) is 0 Å². The van der Waals surface area contributed by atoms with E-state index < -0.39 is 0 Å². The number of aliphatic hydroxyl groups is 1. The van der Waals surface area contributed by atoms with Crippen LogP contribution in [0, 0.1) is 0 Å². The normalized spacial score (nSPS) is 8.18. The molecule has 0 bridgehead atoms. The van der Waals surface area contributed by atoms with Gasteiger partial charge in [-0.1, -0.05) is 6.08 Å². The second-order valence-electron chi connectivity index (χ2n) is 2.01. The molecule has 1 N–H and O–H groups in total. The van der Waals surface area contributed by atoms with Crippen molar-refractivity contribution in [3.63, 3.8) is 0 Å². The minimum Gasteiger partial charge on any atom is -0.472 e. The van der Waals surface area contributed by atoms with Gasteiger partial charge in [-0.15, -0.1) is 6.58 Å². The molecule has 62 valence electrons. The third-order valence-electron chi connectivity index (χ3n) is 0.981. The lowest BCUT2D eigenvalue weighted by molar-refractivity contribution is 0.299. The minimum absolute atomic E-state index is 0.194. The number of aliphatic hydroxyl groups excluding tert-OH is 1. The SMILES string of the molecule is C=CC.OCCc1ccoc1. The topological polar surface area (TPSA) is 33.4 Å². The van der Waals surface area contributed by atoms with E-state index in [-0.39, 0.29) is 6.61 Å². The average molecular weight is 154 g/mol. The number of furan rings is 1. The van der Waals surface area contributed by atoms with Crippen LogP contribution < -0.4 is 0 Å². The first kappa shape index (κ1) is 9.98. The molecule has 2 nitrogen and oxygen atoms in total. The molecule has 0 radical (unpaired) electrons. The Labute approximate surface area is 67.2 Å². The van der Waals surface area contributed by atoms with Crippen LogP contribution in [0.1, 0.15) is 12.5 Å². The first-order valence-electron chi connectivity index (χ1n) is 3.54. The van der Waals surface area contributed by atoms with Crippen molar-refractivity contribution in [1.29, 1.82) is 0 Å². The molecule has 0 atom stereocenters. The predicted octanol–water partition coefficient (Wildman–Crippen LogP) is 2.01. The first-order valence-corrected chi connectivity index (χ1v) is 3.54. The Morgan fingerprint density at radius 1 is 1.73 bits per heavy atom. The highest BCUT2D eigenvalue weighted by Gasteiger charge is 1.88. The zero-order valence-electron chi connectivity index (χ0n) is 6.79. The average Bonchev–Trinajstić information content (AvgIpc) is 2.42. The maximum absolute atomic E-state index is 8.40. The van der Waals surface area contributed by atoms with Gasteiger partial charge in [0.15, 0.2) is 0 Å². The number of rotatable bonds is 2. The number of allylic oxidation sites excluding steroid dienone is 1. The van der Waals surface area contributed by atoms with Crippen molar-refractivity contribution in [2.24, 2.45) is 0 Å². The zero-order valence-corrected chi connectivity index (χ0v) is 6.79. The lowest BCUT2D eigenvalue weighted by atomic mass is 10.3. The van der Waals surface area contributed by atoms with Gasteiger partial charge in [-0.3, -0.25) is 0 Å². The minimum atomic E-state index is 0.194. The summed E-state index contributed by atoms with van der Waals surface area (Å²) in [7, 11) is 0. The maximum atomic E-state index is 8.40. The Bertz CT molecular complexity index is 166. The first-order chi connectivity index (χ1) is 5.35. The predicted molar refractivity (Wildman–Crippen MR) is 45.4 cm³/mol. The van der Waals surface area contributed by atoms with Gasteiger partial charge < -0.3 is 9.52 Å². The molecule has 11 heavy (non-hydrogen) atoms. The van der Waals surface area contributed by atoms with E-state index in [0.29, 0.717) is 6.42 Å². The molecule has 1 aromatic rings. The standard InChI is InChI=1S/C6H8O2.C3H6/c7-3-1-6-2-4-8-5-6;1-3-2/h2,4-5,7H,1,3H2;3H,1H2,2H3. The molecule has 2 heteroatoms. The van der Waals surface area contributed by atoms with Crippen LogP contribution in [0.3, 0.4) is 0 Å². The molecule has 0 aliphatic rings. The molecular formula is C9H14O2. The lowest BCUT2D eigenvalue weighted by Gasteiger charge is -1.84. The summed E-state index contributed by atoms with van der Waals surface area (Å²) in [5, 5.41) is 8.40. The summed E-state index contributed by atoms with van der Waals surface area (Å²) in [6, 6.07) is 1.84. The summed E-state index contributed by atoms with van der Waals surface area (Å²) >= 11 is 0. The summed E-state index contributed by atoms with van der Waals surface area (Å²) in [6.45, 7) is 5.44. The molecule has 0 amide bonds. The Morgan fingerprint density at radius 3 is 2.73 bits per heavy atom. The maximum Gasteiger partial charge on any atom is 0.0935 e. The van der Waals surface area contributed by atoms with Gasteiger partial charge in [0, 0.05) is 6.61 Å². The van der Waals surface area contributed by atoms with Crippen LogP contribution >= 0.6 is 0 Å². The largest absolute Gasteiger partial charge is 0.472 e. The molecule has 1 aromatic heterocycles. The number of hydrogen-bond acceptors (Lipinski definition) is 2. The van der Waals surface area contributed by atoms with E-state index in [4.69, 9.17) is 9.52 Å². The van der Waals surface area contributed by atoms with Gasteiger partial charge in [0.05, 0.1) is 12.5 Å². The second kappa shape index (κ2) is 7.09. The Morgan fingerprint density at radius 2 is 2.36 bits per heavy atom. The molecular weight excluding hydrogens is 140 g/mol. The van der Waals surface area contributed by atoms with E-state index in [1.165, 1.54) is 0 Å². The molecule has 0 aliphatic carbocycles.